The van der Waals surface area contributed by atoms with Crippen molar-refractivity contribution in [2.45, 2.75) is 0 Å². The third kappa shape index (κ3) is 2.57. The van der Waals surface area contributed by atoms with Gasteiger partial charge >= 0.3 is 5.69 Å². The van der Waals surface area contributed by atoms with Crippen molar-refractivity contribution in [1.29, 1.82) is 0 Å². The minimum absolute atomic E-state index is 0.330. The van der Waals surface area contributed by atoms with Gasteiger partial charge in [-0.25, -0.2) is 4.98 Å². The van der Waals surface area contributed by atoms with Crippen LogP contribution in [-0.2, 0) is 0 Å². The maximum atomic E-state index is 13.6. The molecule has 0 aliphatic heterocycles. The summed E-state index contributed by atoms with van der Waals surface area (Å²) in [5.41, 5.74) is 1.11. The Labute approximate surface area is 139 Å². The second-order valence-corrected chi connectivity index (χ2v) is 5.14. The average Bonchev–Trinajstić information content (AvgIpc) is 3.07. The molecule has 0 bridgehead atoms. The third-order valence-corrected chi connectivity index (χ3v) is 3.62. The summed E-state index contributed by atoms with van der Waals surface area (Å²) in [6.07, 6.45) is 4.77. The Morgan fingerprint density at radius 2 is 1.84 bits per heavy atom. The zero-order valence-electron chi connectivity index (χ0n) is 12.6. The fourth-order valence-electron chi connectivity index (χ4n) is 2.45. The highest BCUT2D eigenvalue weighted by atomic mass is 19.1. The molecule has 0 saturated carbocycles. The largest absolute Gasteiger partial charge is 0.305 e. The predicted octanol–water partition coefficient (Wildman–Crippen LogP) is 2.90. The summed E-state index contributed by atoms with van der Waals surface area (Å²) in [6, 6.07) is 8.83. The topological polar surface area (TPSA) is 99.1 Å². The monoisotopic (exact) mass is 336 g/mol. The van der Waals surface area contributed by atoms with Gasteiger partial charge in [-0.1, -0.05) is 0 Å². The Balaban J connectivity index is 1.90. The van der Waals surface area contributed by atoms with Crippen LogP contribution in [0.25, 0.3) is 28.4 Å². The first-order valence-electron chi connectivity index (χ1n) is 7.20. The zero-order chi connectivity index (χ0) is 17.4. The molecule has 0 atom stereocenters. The molecule has 8 nitrogen and oxygen atoms in total. The van der Waals surface area contributed by atoms with Crippen LogP contribution in [0.2, 0.25) is 0 Å². The molecule has 9 heteroatoms. The maximum Gasteiger partial charge on any atom is 0.305 e. The summed E-state index contributed by atoms with van der Waals surface area (Å²) in [5.74, 6) is -0.120. The van der Waals surface area contributed by atoms with E-state index in [-0.39, 0.29) is 0 Å². The highest BCUT2D eigenvalue weighted by Gasteiger charge is 2.17. The van der Waals surface area contributed by atoms with Crippen LogP contribution >= 0.6 is 0 Å². The van der Waals surface area contributed by atoms with Crippen LogP contribution in [0.5, 0.6) is 0 Å². The molecule has 0 spiro atoms. The number of rotatable bonds is 3. The van der Waals surface area contributed by atoms with Gasteiger partial charge in [-0.3, -0.25) is 15.1 Å². The first-order valence-corrected chi connectivity index (χ1v) is 7.20. The number of hydrogen-bond acceptors (Lipinski definition) is 6. The first-order chi connectivity index (χ1) is 12.1. The number of benzene rings is 1. The van der Waals surface area contributed by atoms with Gasteiger partial charge in [-0.15, -0.1) is 5.10 Å². The van der Waals surface area contributed by atoms with Crippen molar-refractivity contribution in [2.75, 3.05) is 0 Å². The lowest BCUT2D eigenvalue weighted by molar-refractivity contribution is -0.387. The second kappa shape index (κ2) is 5.71. The van der Waals surface area contributed by atoms with Gasteiger partial charge in [0.05, 0.1) is 10.6 Å². The van der Waals surface area contributed by atoms with Crippen molar-refractivity contribution in [3.63, 3.8) is 0 Å². The minimum atomic E-state index is -0.893. The average molecular weight is 336 g/mol. The normalized spacial score (nSPS) is 10.9. The molecule has 0 aliphatic rings. The highest BCUT2D eigenvalue weighted by Crippen LogP contribution is 2.27. The lowest BCUT2D eigenvalue weighted by atomic mass is 10.1. The van der Waals surface area contributed by atoms with Crippen LogP contribution in [0.1, 0.15) is 0 Å². The Morgan fingerprint density at radius 3 is 2.60 bits per heavy atom. The van der Waals surface area contributed by atoms with Gasteiger partial charge in [0, 0.05) is 35.8 Å². The summed E-state index contributed by atoms with van der Waals surface area (Å²) in [7, 11) is 0. The molecule has 0 radical (unpaired) electrons. The Kier molecular flexibility index (Phi) is 3.38. The van der Waals surface area contributed by atoms with Crippen LogP contribution in [0.15, 0.2) is 55.0 Å². The van der Waals surface area contributed by atoms with E-state index in [4.69, 9.17) is 0 Å². The summed E-state index contributed by atoms with van der Waals surface area (Å²) < 4.78 is 15.0. The SMILES string of the molecule is O=[N+]([O-])c1cc(-c2ccnc3nc(-c4ccncc4)nn23)ccc1F. The van der Waals surface area contributed by atoms with Crippen molar-refractivity contribution in [1.82, 2.24) is 24.6 Å². The molecule has 3 aromatic heterocycles. The molecule has 0 unspecified atom stereocenters. The minimum Gasteiger partial charge on any atom is -0.265 e. The van der Waals surface area contributed by atoms with Gasteiger partial charge in [0.2, 0.25) is 5.82 Å². The molecule has 4 rings (SSSR count). The van der Waals surface area contributed by atoms with Gasteiger partial charge in [0.15, 0.2) is 5.82 Å². The van der Waals surface area contributed by atoms with Crippen molar-refractivity contribution in [2.24, 2.45) is 0 Å². The van der Waals surface area contributed by atoms with Gasteiger partial charge in [0.1, 0.15) is 0 Å². The lowest BCUT2D eigenvalue weighted by Gasteiger charge is -2.04. The fraction of sp³-hybridized carbons (Fsp3) is 0. The molecule has 0 aliphatic carbocycles. The highest BCUT2D eigenvalue weighted by molar-refractivity contribution is 5.66. The number of halogens is 1. The molecular weight excluding hydrogens is 327 g/mol. The summed E-state index contributed by atoms with van der Waals surface area (Å²) >= 11 is 0. The van der Waals surface area contributed by atoms with E-state index in [1.807, 2.05) is 0 Å². The fourth-order valence-corrected chi connectivity index (χ4v) is 2.45. The van der Waals surface area contributed by atoms with Crippen LogP contribution in [0, 0.1) is 15.9 Å². The molecule has 3 heterocycles. The second-order valence-electron chi connectivity index (χ2n) is 5.14. The van der Waals surface area contributed by atoms with Gasteiger partial charge < -0.3 is 0 Å². The van der Waals surface area contributed by atoms with E-state index in [9.17, 15) is 14.5 Å². The van der Waals surface area contributed by atoms with Crippen LogP contribution < -0.4 is 0 Å². The number of pyridine rings is 1. The molecule has 0 fully saturated rings. The van der Waals surface area contributed by atoms with Gasteiger partial charge in [-0.05, 0) is 30.3 Å². The molecular formula is C16H9FN6O2. The molecule has 1 aromatic carbocycles. The van der Waals surface area contributed by atoms with E-state index < -0.39 is 16.4 Å². The number of hydrogen-bond donors (Lipinski definition) is 0. The smallest absolute Gasteiger partial charge is 0.265 e. The zero-order valence-corrected chi connectivity index (χ0v) is 12.6. The quantitative estimate of drug-likeness (QED) is 0.421. The number of nitro benzene ring substituents is 1. The van der Waals surface area contributed by atoms with E-state index in [2.05, 4.69) is 20.1 Å². The van der Waals surface area contributed by atoms with Gasteiger partial charge in [0.25, 0.3) is 5.78 Å². The molecule has 25 heavy (non-hydrogen) atoms. The third-order valence-electron chi connectivity index (χ3n) is 3.62. The first kappa shape index (κ1) is 14.8. The van der Waals surface area contributed by atoms with Crippen molar-refractivity contribution in [3.8, 4) is 22.6 Å². The number of fused-ring (bicyclic) bond motifs is 1. The summed E-state index contributed by atoms with van der Waals surface area (Å²) in [6.45, 7) is 0. The number of nitro groups is 1. The van der Waals surface area contributed by atoms with Crippen LogP contribution in [0.4, 0.5) is 10.1 Å². The molecule has 0 amide bonds. The van der Waals surface area contributed by atoms with Crippen LogP contribution in [0.3, 0.4) is 0 Å². The standard InChI is InChI=1S/C16H9FN6O2/c17-12-2-1-11(9-14(12)23(24)25)13-5-8-19-16-20-15(21-22(13)16)10-3-6-18-7-4-10/h1-9H. The van der Waals surface area contributed by atoms with E-state index in [1.165, 1.54) is 16.8 Å². The number of aromatic nitrogens is 5. The van der Waals surface area contributed by atoms with Gasteiger partial charge in [-0.2, -0.15) is 13.9 Å². The summed E-state index contributed by atoms with van der Waals surface area (Å²) in [5, 5.41) is 15.4. The van der Waals surface area contributed by atoms with E-state index in [0.29, 0.717) is 22.9 Å². The van der Waals surface area contributed by atoms with Crippen molar-refractivity contribution in [3.05, 3.63) is 70.9 Å². The Morgan fingerprint density at radius 1 is 1.04 bits per heavy atom. The number of nitrogens with zero attached hydrogens (tertiary/aromatic N) is 6. The summed E-state index contributed by atoms with van der Waals surface area (Å²) in [4.78, 5) is 22.7. The van der Waals surface area contributed by atoms with E-state index in [0.717, 1.165) is 17.7 Å². The van der Waals surface area contributed by atoms with E-state index in [1.54, 1.807) is 30.6 Å². The Bertz CT molecular complexity index is 1100. The van der Waals surface area contributed by atoms with Crippen molar-refractivity contribution >= 4 is 11.5 Å². The van der Waals surface area contributed by atoms with Crippen LogP contribution in [-0.4, -0.2) is 29.5 Å². The predicted molar refractivity (Wildman–Crippen MR) is 86.1 cm³/mol. The molecule has 0 N–H and O–H groups in total. The van der Waals surface area contributed by atoms with E-state index >= 15 is 0 Å². The molecule has 4 aromatic rings. The lowest BCUT2D eigenvalue weighted by Crippen LogP contribution is -1.98. The molecule has 122 valence electrons. The Hall–Kier alpha value is -3.75. The maximum absolute atomic E-state index is 13.6. The van der Waals surface area contributed by atoms with Crippen molar-refractivity contribution < 1.29 is 9.31 Å². The molecule has 0 saturated heterocycles.